The van der Waals surface area contributed by atoms with E-state index in [9.17, 15) is 0 Å². The molecule has 1 heterocycles. The summed E-state index contributed by atoms with van der Waals surface area (Å²) in [4.78, 5) is 2.84. The van der Waals surface area contributed by atoms with Gasteiger partial charge in [0.1, 0.15) is 0 Å². The fourth-order valence-electron chi connectivity index (χ4n) is 3.36. The highest BCUT2D eigenvalue weighted by atomic mass is 32.1. The third kappa shape index (κ3) is 3.38. The van der Waals surface area contributed by atoms with Crippen LogP contribution in [0.15, 0.2) is 42.5 Å². The number of rotatable bonds is 7. The minimum Gasteiger partial charge on any atom is -0.312 e. The Bertz CT molecular complexity index is 569. The van der Waals surface area contributed by atoms with Gasteiger partial charge in [-0.15, -0.1) is 11.3 Å². The lowest BCUT2D eigenvalue weighted by molar-refractivity contribution is 0.379. The Morgan fingerprint density at radius 2 is 1.67 bits per heavy atom. The maximum atomic E-state index is 3.72. The summed E-state index contributed by atoms with van der Waals surface area (Å²) in [5.74, 6) is 3.07. The molecule has 2 aliphatic carbocycles. The van der Waals surface area contributed by atoms with Gasteiger partial charge in [0, 0.05) is 16.3 Å². The van der Waals surface area contributed by atoms with Crippen molar-refractivity contribution < 1.29 is 0 Å². The lowest BCUT2D eigenvalue weighted by atomic mass is 9.98. The zero-order valence-electron chi connectivity index (χ0n) is 12.4. The molecule has 2 aromatic rings. The summed E-state index contributed by atoms with van der Waals surface area (Å²) >= 11 is 1.92. The third-order valence-electron chi connectivity index (χ3n) is 4.85. The minimum atomic E-state index is 0.971. The lowest BCUT2D eigenvalue weighted by Gasteiger charge is -2.15. The van der Waals surface area contributed by atoms with E-state index in [2.05, 4.69) is 47.8 Å². The Morgan fingerprint density at radius 3 is 2.33 bits per heavy atom. The lowest BCUT2D eigenvalue weighted by Crippen LogP contribution is -2.24. The van der Waals surface area contributed by atoms with Crippen molar-refractivity contribution >= 4 is 11.3 Å². The Balaban J connectivity index is 1.32. The average molecular weight is 297 g/mol. The van der Waals surface area contributed by atoms with Gasteiger partial charge >= 0.3 is 0 Å². The van der Waals surface area contributed by atoms with Crippen molar-refractivity contribution in [2.24, 2.45) is 17.8 Å². The van der Waals surface area contributed by atoms with Gasteiger partial charge in [-0.3, -0.25) is 0 Å². The van der Waals surface area contributed by atoms with Gasteiger partial charge in [-0.2, -0.15) is 0 Å². The van der Waals surface area contributed by atoms with Gasteiger partial charge in [0.15, 0.2) is 0 Å². The fraction of sp³-hybridized carbons (Fsp3) is 0.474. The molecule has 1 aromatic carbocycles. The van der Waals surface area contributed by atoms with Crippen molar-refractivity contribution in [1.82, 2.24) is 5.32 Å². The maximum absolute atomic E-state index is 3.72. The maximum Gasteiger partial charge on any atom is 0.0346 e. The van der Waals surface area contributed by atoms with Crippen molar-refractivity contribution in [1.29, 1.82) is 0 Å². The first kappa shape index (κ1) is 13.5. The van der Waals surface area contributed by atoms with Crippen LogP contribution in [0.3, 0.4) is 0 Å². The van der Waals surface area contributed by atoms with E-state index >= 15 is 0 Å². The predicted molar refractivity (Wildman–Crippen MR) is 90.4 cm³/mol. The molecule has 0 saturated heterocycles. The highest BCUT2D eigenvalue weighted by Crippen LogP contribution is 2.48. The Morgan fingerprint density at radius 1 is 0.952 bits per heavy atom. The minimum absolute atomic E-state index is 0.971. The Labute approximate surface area is 131 Å². The van der Waals surface area contributed by atoms with Gasteiger partial charge in [0.05, 0.1) is 0 Å². The highest BCUT2D eigenvalue weighted by Gasteiger charge is 2.40. The molecular formula is C19H23NS. The second-order valence-electron chi connectivity index (χ2n) is 6.60. The van der Waals surface area contributed by atoms with Gasteiger partial charge in [0.2, 0.25) is 0 Å². The first-order valence-corrected chi connectivity index (χ1v) is 9.06. The van der Waals surface area contributed by atoms with Crippen molar-refractivity contribution in [3.05, 3.63) is 47.3 Å². The monoisotopic (exact) mass is 297 g/mol. The molecule has 0 spiro atoms. The number of benzene rings is 1. The molecule has 2 fully saturated rings. The molecule has 1 nitrogen and oxygen atoms in total. The molecule has 2 aliphatic rings. The van der Waals surface area contributed by atoms with E-state index in [0.717, 1.165) is 24.3 Å². The van der Waals surface area contributed by atoms with Crippen molar-refractivity contribution in [2.75, 3.05) is 6.54 Å². The number of nitrogens with one attached hydrogen (secondary N) is 1. The molecule has 0 bridgehead atoms. The summed E-state index contributed by atoms with van der Waals surface area (Å²) in [6, 6.07) is 15.2. The molecular weight excluding hydrogens is 274 g/mol. The quantitative estimate of drug-likeness (QED) is 0.763. The van der Waals surface area contributed by atoms with Crippen molar-refractivity contribution in [2.45, 2.75) is 32.2 Å². The van der Waals surface area contributed by atoms with E-state index in [4.69, 9.17) is 0 Å². The SMILES string of the molecule is c1ccc(-c2ccc(CNCC(C3CC3)C3CC3)s2)cc1. The van der Waals surface area contributed by atoms with Gasteiger partial charge in [-0.1, -0.05) is 30.3 Å². The normalized spacial score (nSPS) is 18.3. The molecule has 2 heteroatoms. The summed E-state index contributed by atoms with van der Waals surface area (Å²) in [5, 5.41) is 3.72. The van der Waals surface area contributed by atoms with Crippen LogP contribution < -0.4 is 5.32 Å². The van der Waals surface area contributed by atoms with Crippen LogP contribution in [0.25, 0.3) is 10.4 Å². The van der Waals surface area contributed by atoms with E-state index in [1.54, 1.807) is 0 Å². The summed E-state index contributed by atoms with van der Waals surface area (Å²) in [6.07, 6.45) is 5.94. The smallest absolute Gasteiger partial charge is 0.0346 e. The third-order valence-corrected chi connectivity index (χ3v) is 5.99. The summed E-state index contributed by atoms with van der Waals surface area (Å²) in [5.41, 5.74) is 1.34. The largest absolute Gasteiger partial charge is 0.312 e. The Hall–Kier alpha value is -1.12. The Kier molecular flexibility index (Phi) is 3.83. The summed E-state index contributed by atoms with van der Waals surface area (Å²) in [6.45, 7) is 2.27. The van der Waals surface area contributed by atoms with Crippen LogP contribution in [-0.4, -0.2) is 6.54 Å². The van der Waals surface area contributed by atoms with Crippen molar-refractivity contribution in [3.8, 4) is 10.4 Å². The molecule has 4 rings (SSSR count). The second-order valence-corrected chi connectivity index (χ2v) is 7.77. The number of hydrogen-bond acceptors (Lipinski definition) is 2. The molecule has 110 valence electrons. The van der Waals surface area contributed by atoms with Crippen LogP contribution in [-0.2, 0) is 6.54 Å². The number of hydrogen-bond donors (Lipinski definition) is 1. The summed E-state index contributed by atoms with van der Waals surface area (Å²) < 4.78 is 0. The van der Waals surface area contributed by atoms with E-state index in [1.165, 1.54) is 47.5 Å². The van der Waals surface area contributed by atoms with Crippen LogP contribution in [0.1, 0.15) is 30.6 Å². The average Bonchev–Trinajstić information content (AvgIpc) is 3.45. The summed E-state index contributed by atoms with van der Waals surface area (Å²) in [7, 11) is 0. The van der Waals surface area contributed by atoms with Crippen LogP contribution >= 0.6 is 11.3 Å². The molecule has 0 atom stereocenters. The fourth-order valence-corrected chi connectivity index (χ4v) is 4.34. The van der Waals surface area contributed by atoms with Gasteiger partial charge in [0.25, 0.3) is 0 Å². The van der Waals surface area contributed by atoms with Crippen LogP contribution in [0, 0.1) is 17.8 Å². The zero-order valence-corrected chi connectivity index (χ0v) is 13.2. The highest BCUT2D eigenvalue weighted by molar-refractivity contribution is 7.15. The standard InChI is InChI=1S/C19H23NS/c1-2-4-16(5-3-1)19-11-10-17(21-19)12-20-13-18(14-6-7-14)15-8-9-15/h1-5,10-11,14-15,18,20H,6-9,12-13H2. The first-order chi connectivity index (χ1) is 10.4. The predicted octanol–water partition coefficient (Wildman–Crippen LogP) is 4.94. The van der Waals surface area contributed by atoms with Gasteiger partial charge < -0.3 is 5.32 Å². The van der Waals surface area contributed by atoms with E-state index in [-0.39, 0.29) is 0 Å². The van der Waals surface area contributed by atoms with Gasteiger partial charge in [-0.25, -0.2) is 0 Å². The number of thiophene rings is 1. The first-order valence-electron chi connectivity index (χ1n) is 8.25. The van der Waals surface area contributed by atoms with E-state index < -0.39 is 0 Å². The van der Waals surface area contributed by atoms with Crippen LogP contribution in [0.2, 0.25) is 0 Å². The second kappa shape index (κ2) is 5.94. The molecule has 0 unspecified atom stereocenters. The van der Waals surface area contributed by atoms with E-state index in [1.807, 2.05) is 11.3 Å². The van der Waals surface area contributed by atoms with Crippen LogP contribution in [0.4, 0.5) is 0 Å². The molecule has 2 saturated carbocycles. The van der Waals surface area contributed by atoms with Crippen molar-refractivity contribution in [3.63, 3.8) is 0 Å². The van der Waals surface area contributed by atoms with Crippen LogP contribution in [0.5, 0.6) is 0 Å². The molecule has 1 aromatic heterocycles. The van der Waals surface area contributed by atoms with Gasteiger partial charge in [-0.05, 0) is 67.7 Å². The molecule has 0 amide bonds. The molecule has 1 N–H and O–H groups in total. The molecule has 21 heavy (non-hydrogen) atoms. The topological polar surface area (TPSA) is 12.0 Å². The zero-order chi connectivity index (χ0) is 14.1. The molecule has 0 radical (unpaired) electrons. The molecule has 0 aliphatic heterocycles. The van der Waals surface area contributed by atoms with E-state index in [0.29, 0.717) is 0 Å².